The van der Waals surface area contributed by atoms with E-state index in [1.54, 1.807) is 7.11 Å². The van der Waals surface area contributed by atoms with Crippen molar-refractivity contribution in [2.24, 2.45) is 12.8 Å². The molecule has 1 aliphatic heterocycles. The van der Waals surface area contributed by atoms with Crippen LogP contribution in [0.3, 0.4) is 0 Å². The van der Waals surface area contributed by atoms with Gasteiger partial charge in [-0.05, 0) is 19.1 Å². The number of nitrogens with two attached hydrogens (primary N) is 1. The van der Waals surface area contributed by atoms with E-state index >= 15 is 0 Å². The first-order chi connectivity index (χ1) is 9.06. The zero-order chi connectivity index (χ0) is 13.6. The van der Waals surface area contributed by atoms with Crippen molar-refractivity contribution in [3.05, 3.63) is 24.0 Å². The molecule has 0 radical (unpaired) electrons. The number of ether oxygens (including phenoxy) is 2. The van der Waals surface area contributed by atoms with Crippen molar-refractivity contribution in [1.29, 1.82) is 0 Å². The Morgan fingerprint density at radius 1 is 1.53 bits per heavy atom. The molecule has 1 fully saturated rings. The normalized spacial score (nSPS) is 27.1. The standard InChI is InChI=1S/C14H19N3O2/c1-14(8-19-7-12(14)15)13-16-10-6-9(18-3)4-5-11(10)17(13)2/h4-6,12H,7-8,15H2,1-3H3. The van der Waals surface area contributed by atoms with Crippen LogP contribution < -0.4 is 10.5 Å². The smallest absolute Gasteiger partial charge is 0.121 e. The van der Waals surface area contributed by atoms with Crippen LogP contribution in [-0.2, 0) is 17.2 Å². The van der Waals surface area contributed by atoms with Gasteiger partial charge in [0.1, 0.15) is 11.6 Å². The fourth-order valence-corrected chi connectivity index (χ4v) is 2.74. The average Bonchev–Trinajstić information content (AvgIpc) is 2.92. The van der Waals surface area contributed by atoms with E-state index in [0.717, 1.165) is 22.6 Å². The summed E-state index contributed by atoms with van der Waals surface area (Å²) in [5.74, 6) is 1.79. The van der Waals surface area contributed by atoms with Gasteiger partial charge in [0.2, 0.25) is 0 Å². The maximum absolute atomic E-state index is 6.19. The number of fused-ring (bicyclic) bond motifs is 1. The van der Waals surface area contributed by atoms with Gasteiger partial charge in [-0.25, -0.2) is 4.98 Å². The Morgan fingerprint density at radius 2 is 2.32 bits per heavy atom. The molecule has 1 aliphatic rings. The van der Waals surface area contributed by atoms with Crippen LogP contribution in [0.25, 0.3) is 11.0 Å². The molecular weight excluding hydrogens is 242 g/mol. The molecule has 1 aromatic heterocycles. The van der Waals surface area contributed by atoms with Crippen LogP contribution in [-0.4, -0.2) is 35.9 Å². The number of nitrogens with zero attached hydrogens (tertiary/aromatic N) is 2. The lowest BCUT2D eigenvalue weighted by molar-refractivity contribution is 0.177. The predicted octanol–water partition coefficient (Wildman–Crippen LogP) is 1.20. The highest BCUT2D eigenvalue weighted by Gasteiger charge is 2.42. The lowest BCUT2D eigenvalue weighted by Gasteiger charge is -2.26. The Hall–Kier alpha value is -1.59. The molecule has 0 aliphatic carbocycles. The molecule has 2 N–H and O–H groups in total. The van der Waals surface area contributed by atoms with Crippen LogP contribution in [0.15, 0.2) is 18.2 Å². The molecule has 0 bridgehead atoms. The maximum atomic E-state index is 6.19. The number of hydrogen-bond acceptors (Lipinski definition) is 4. The molecule has 2 atom stereocenters. The van der Waals surface area contributed by atoms with Gasteiger partial charge in [-0.2, -0.15) is 0 Å². The van der Waals surface area contributed by atoms with Crippen LogP contribution in [0.1, 0.15) is 12.7 Å². The van der Waals surface area contributed by atoms with Gasteiger partial charge in [0.05, 0.1) is 36.8 Å². The van der Waals surface area contributed by atoms with E-state index in [2.05, 4.69) is 11.5 Å². The molecule has 102 valence electrons. The van der Waals surface area contributed by atoms with Crippen molar-refractivity contribution in [2.75, 3.05) is 20.3 Å². The van der Waals surface area contributed by atoms with Crippen LogP contribution >= 0.6 is 0 Å². The van der Waals surface area contributed by atoms with E-state index in [1.807, 2.05) is 25.2 Å². The van der Waals surface area contributed by atoms with Gasteiger partial charge in [0, 0.05) is 19.2 Å². The van der Waals surface area contributed by atoms with Gasteiger partial charge in [-0.3, -0.25) is 0 Å². The number of rotatable bonds is 2. The maximum Gasteiger partial charge on any atom is 0.121 e. The minimum Gasteiger partial charge on any atom is -0.497 e. The highest BCUT2D eigenvalue weighted by atomic mass is 16.5. The summed E-state index contributed by atoms with van der Waals surface area (Å²) in [6, 6.07) is 5.89. The number of aromatic nitrogens is 2. The quantitative estimate of drug-likeness (QED) is 0.882. The van der Waals surface area contributed by atoms with Crippen molar-refractivity contribution < 1.29 is 9.47 Å². The zero-order valence-electron chi connectivity index (χ0n) is 11.5. The van der Waals surface area contributed by atoms with Gasteiger partial charge in [0.15, 0.2) is 0 Å². The molecule has 3 rings (SSSR count). The highest BCUT2D eigenvalue weighted by molar-refractivity contribution is 5.78. The van der Waals surface area contributed by atoms with Gasteiger partial charge in [-0.1, -0.05) is 0 Å². The van der Waals surface area contributed by atoms with Crippen molar-refractivity contribution in [3.63, 3.8) is 0 Å². The molecule has 2 heterocycles. The van der Waals surface area contributed by atoms with Gasteiger partial charge in [0.25, 0.3) is 0 Å². The summed E-state index contributed by atoms with van der Waals surface area (Å²) >= 11 is 0. The van der Waals surface area contributed by atoms with E-state index < -0.39 is 0 Å². The number of aryl methyl sites for hydroxylation is 1. The Balaban J connectivity index is 2.17. The average molecular weight is 261 g/mol. The van der Waals surface area contributed by atoms with Crippen LogP contribution in [0.4, 0.5) is 0 Å². The molecule has 2 unspecified atom stereocenters. The summed E-state index contributed by atoms with van der Waals surface area (Å²) < 4.78 is 12.9. The van der Waals surface area contributed by atoms with Gasteiger partial charge in [-0.15, -0.1) is 0 Å². The number of hydrogen-bond donors (Lipinski definition) is 1. The lowest BCUT2D eigenvalue weighted by atomic mass is 9.85. The lowest BCUT2D eigenvalue weighted by Crippen LogP contribution is -2.43. The SMILES string of the molecule is COc1ccc2c(c1)nc(C1(C)COCC1N)n2C. The monoisotopic (exact) mass is 261 g/mol. The molecule has 5 nitrogen and oxygen atoms in total. The first-order valence-electron chi connectivity index (χ1n) is 6.40. The highest BCUT2D eigenvalue weighted by Crippen LogP contribution is 2.33. The fourth-order valence-electron chi connectivity index (χ4n) is 2.74. The molecule has 5 heteroatoms. The van der Waals surface area contributed by atoms with Crippen LogP contribution in [0.2, 0.25) is 0 Å². The first-order valence-corrected chi connectivity index (χ1v) is 6.40. The Morgan fingerprint density at radius 3 is 2.95 bits per heavy atom. The third-order valence-corrected chi connectivity index (χ3v) is 4.12. The number of methoxy groups -OCH3 is 1. The third kappa shape index (κ3) is 1.73. The summed E-state index contributed by atoms with van der Waals surface area (Å²) in [5.41, 5.74) is 7.96. The molecule has 1 saturated heterocycles. The van der Waals surface area contributed by atoms with Crippen LogP contribution in [0, 0.1) is 0 Å². The van der Waals surface area contributed by atoms with Gasteiger partial charge < -0.3 is 19.8 Å². The van der Waals surface area contributed by atoms with Crippen molar-refractivity contribution in [1.82, 2.24) is 9.55 Å². The molecule has 19 heavy (non-hydrogen) atoms. The van der Waals surface area contributed by atoms with Crippen molar-refractivity contribution >= 4 is 11.0 Å². The summed E-state index contributed by atoms with van der Waals surface area (Å²) in [4.78, 5) is 4.75. The minimum absolute atomic E-state index is 0.0232. The summed E-state index contributed by atoms with van der Waals surface area (Å²) in [5, 5.41) is 0. The van der Waals surface area contributed by atoms with Crippen molar-refractivity contribution in [3.8, 4) is 5.75 Å². The molecule has 0 saturated carbocycles. The second-order valence-electron chi connectivity index (χ2n) is 5.39. The minimum atomic E-state index is -0.235. The zero-order valence-corrected chi connectivity index (χ0v) is 11.5. The Kier molecular flexibility index (Phi) is 2.76. The van der Waals surface area contributed by atoms with Crippen molar-refractivity contribution in [2.45, 2.75) is 18.4 Å². The molecule has 0 amide bonds. The first kappa shape index (κ1) is 12.4. The van der Waals surface area contributed by atoms with E-state index in [4.69, 9.17) is 20.2 Å². The van der Waals surface area contributed by atoms with E-state index in [9.17, 15) is 0 Å². The number of benzene rings is 1. The predicted molar refractivity (Wildman–Crippen MR) is 73.4 cm³/mol. The number of imidazole rings is 1. The second kappa shape index (κ2) is 4.21. The van der Waals surface area contributed by atoms with Crippen LogP contribution in [0.5, 0.6) is 5.75 Å². The largest absolute Gasteiger partial charge is 0.497 e. The fraction of sp³-hybridized carbons (Fsp3) is 0.500. The Labute approximate surface area is 112 Å². The Bertz CT molecular complexity index is 622. The van der Waals surface area contributed by atoms with E-state index in [0.29, 0.717) is 13.2 Å². The summed E-state index contributed by atoms with van der Waals surface area (Å²) in [6.45, 7) is 3.31. The summed E-state index contributed by atoms with van der Waals surface area (Å²) in [6.07, 6.45) is 0. The van der Waals surface area contributed by atoms with Gasteiger partial charge >= 0.3 is 0 Å². The second-order valence-corrected chi connectivity index (χ2v) is 5.39. The topological polar surface area (TPSA) is 62.3 Å². The van der Waals surface area contributed by atoms with E-state index in [1.165, 1.54) is 0 Å². The molecule has 2 aromatic rings. The third-order valence-electron chi connectivity index (χ3n) is 4.12. The summed E-state index contributed by atoms with van der Waals surface area (Å²) in [7, 11) is 3.68. The molecule has 1 aromatic carbocycles. The van der Waals surface area contributed by atoms with E-state index in [-0.39, 0.29) is 11.5 Å². The molecule has 0 spiro atoms. The molecular formula is C14H19N3O2.